The Hall–Kier alpha value is -2.39. The van der Waals surface area contributed by atoms with E-state index in [9.17, 15) is 0 Å². The fourth-order valence-corrected chi connectivity index (χ4v) is 2.29. The van der Waals surface area contributed by atoms with Crippen molar-refractivity contribution in [3.05, 3.63) is 79.9 Å². The molecule has 2 aromatic rings. The summed E-state index contributed by atoms with van der Waals surface area (Å²) in [6.07, 6.45) is 3.58. The highest BCUT2D eigenvalue weighted by atomic mass is 32.1. The van der Waals surface area contributed by atoms with Crippen molar-refractivity contribution in [3.8, 4) is 16.9 Å². The molecule has 22 heavy (non-hydrogen) atoms. The van der Waals surface area contributed by atoms with Crippen molar-refractivity contribution in [3.63, 3.8) is 0 Å². The van der Waals surface area contributed by atoms with Gasteiger partial charge in [-0.25, -0.2) is 0 Å². The van der Waals surface area contributed by atoms with Gasteiger partial charge in [0.15, 0.2) is 0 Å². The molecule has 0 heterocycles. The molecule has 0 spiro atoms. The molecule has 0 saturated carbocycles. The van der Waals surface area contributed by atoms with Crippen LogP contribution in [0, 0.1) is 0 Å². The third-order valence-electron chi connectivity index (χ3n) is 3.12. The summed E-state index contributed by atoms with van der Waals surface area (Å²) in [6, 6.07) is 18.1. The molecule has 3 heteroatoms. The van der Waals surface area contributed by atoms with Gasteiger partial charge in [0.05, 0.1) is 0 Å². The highest BCUT2D eigenvalue weighted by Crippen LogP contribution is 2.22. The first-order chi connectivity index (χ1) is 10.7. The van der Waals surface area contributed by atoms with E-state index in [1.807, 2.05) is 47.4 Å². The minimum Gasteiger partial charge on any atom is -0.432 e. The van der Waals surface area contributed by atoms with E-state index >= 15 is 0 Å². The lowest BCUT2D eigenvalue weighted by Crippen LogP contribution is -2.33. The fourth-order valence-electron chi connectivity index (χ4n) is 2.05. The summed E-state index contributed by atoms with van der Waals surface area (Å²) in [7, 11) is 0. The van der Waals surface area contributed by atoms with E-state index in [4.69, 9.17) is 17.0 Å². The average Bonchev–Trinajstić information content (AvgIpc) is 2.56. The smallest absolute Gasteiger partial charge is 0.265 e. The summed E-state index contributed by atoms with van der Waals surface area (Å²) in [4.78, 5) is 1.89. The first-order valence-electron chi connectivity index (χ1n) is 7.08. The van der Waals surface area contributed by atoms with Crippen LogP contribution in [0.15, 0.2) is 79.9 Å². The zero-order valence-corrected chi connectivity index (χ0v) is 13.3. The van der Waals surface area contributed by atoms with Crippen LogP contribution in [0.25, 0.3) is 11.1 Å². The molecular weight excluding hydrogens is 290 g/mol. The molecule has 0 saturated heterocycles. The molecule has 2 aromatic carbocycles. The number of hydrogen-bond donors (Lipinski definition) is 0. The first-order valence-corrected chi connectivity index (χ1v) is 7.49. The molecule has 0 aromatic heterocycles. The van der Waals surface area contributed by atoms with Gasteiger partial charge in [-0.05, 0) is 35.5 Å². The third kappa shape index (κ3) is 4.30. The van der Waals surface area contributed by atoms with Crippen molar-refractivity contribution in [2.24, 2.45) is 0 Å². The van der Waals surface area contributed by atoms with Crippen molar-refractivity contribution < 1.29 is 4.74 Å². The summed E-state index contributed by atoms with van der Waals surface area (Å²) in [6.45, 7) is 8.72. The van der Waals surface area contributed by atoms with Gasteiger partial charge < -0.3 is 9.64 Å². The van der Waals surface area contributed by atoms with Crippen LogP contribution >= 0.6 is 12.2 Å². The summed E-state index contributed by atoms with van der Waals surface area (Å²) in [5.41, 5.74) is 2.32. The van der Waals surface area contributed by atoms with E-state index < -0.39 is 0 Å². The van der Waals surface area contributed by atoms with E-state index in [0.717, 1.165) is 11.3 Å². The van der Waals surface area contributed by atoms with Crippen molar-refractivity contribution in [2.75, 3.05) is 13.1 Å². The molecule has 0 unspecified atom stereocenters. The normalized spacial score (nSPS) is 9.82. The maximum atomic E-state index is 5.73. The molecule has 0 radical (unpaired) electrons. The van der Waals surface area contributed by atoms with Crippen molar-refractivity contribution in [1.82, 2.24) is 4.90 Å². The fraction of sp³-hybridized carbons (Fsp3) is 0.105. The van der Waals surface area contributed by atoms with E-state index in [1.54, 1.807) is 12.2 Å². The second kappa shape index (κ2) is 8.15. The molecule has 0 amide bonds. The van der Waals surface area contributed by atoms with Crippen LogP contribution in [-0.2, 0) is 0 Å². The Balaban J connectivity index is 2.06. The monoisotopic (exact) mass is 309 g/mol. The Labute approximate surface area is 137 Å². The van der Waals surface area contributed by atoms with Crippen LogP contribution in [0.3, 0.4) is 0 Å². The van der Waals surface area contributed by atoms with Crippen LogP contribution in [0.4, 0.5) is 0 Å². The Bertz CT molecular complexity index is 624. The molecule has 112 valence electrons. The van der Waals surface area contributed by atoms with E-state index in [2.05, 4.69) is 25.3 Å². The van der Waals surface area contributed by atoms with Gasteiger partial charge in [0.2, 0.25) is 0 Å². The third-order valence-corrected chi connectivity index (χ3v) is 3.47. The standard InChI is InChI=1S/C19H19NOS/c1-3-14-20(15-4-2)19(22)21-18-12-10-17(11-13-18)16-8-6-5-7-9-16/h3-13H,1-2,14-15H2. The lowest BCUT2D eigenvalue weighted by atomic mass is 10.1. The Morgan fingerprint density at radius 3 is 2.00 bits per heavy atom. The average molecular weight is 309 g/mol. The summed E-state index contributed by atoms with van der Waals surface area (Å²) >= 11 is 5.32. The lowest BCUT2D eigenvalue weighted by Gasteiger charge is -2.21. The Morgan fingerprint density at radius 2 is 1.45 bits per heavy atom. The molecule has 0 aliphatic heterocycles. The second-order valence-electron chi connectivity index (χ2n) is 4.74. The van der Waals surface area contributed by atoms with Gasteiger partial charge in [0.1, 0.15) is 5.75 Å². The number of hydrogen-bond acceptors (Lipinski definition) is 2. The largest absolute Gasteiger partial charge is 0.432 e. The quantitative estimate of drug-likeness (QED) is 0.567. The van der Waals surface area contributed by atoms with Crippen LogP contribution < -0.4 is 4.74 Å². The number of nitrogens with zero attached hydrogens (tertiary/aromatic N) is 1. The molecule has 2 rings (SSSR count). The van der Waals surface area contributed by atoms with Crippen molar-refractivity contribution in [2.45, 2.75) is 0 Å². The van der Waals surface area contributed by atoms with Gasteiger partial charge in [0.25, 0.3) is 5.17 Å². The van der Waals surface area contributed by atoms with Crippen LogP contribution in [-0.4, -0.2) is 23.2 Å². The van der Waals surface area contributed by atoms with Gasteiger partial charge >= 0.3 is 0 Å². The van der Waals surface area contributed by atoms with Gasteiger partial charge in [-0.1, -0.05) is 54.6 Å². The van der Waals surface area contributed by atoms with Crippen LogP contribution in [0.2, 0.25) is 0 Å². The molecular formula is C19H19NOS. The minimum absolute atomic E-state index is 0.423. The van der Waals surface area contributed by atoms with Gasteiger partial charge in [-0.15, -0.1) is 13.2 Å². The van der Waals surface area contributed by atoms with Gasteiger partial charge in [-0.3, -0.25) is 0 Å². The van der Waals surface area contributed by atoms with E-state index in [1.165, 1.54) is 5.56 Å². The lowest BCUT2D eigenvalue weighted by molar-refractivity contribution is 0.404. The van der Waals surface area contributed by atoms with E-state index in [-0.39, 0.29) is 0 Å². The predicted molar refractivity (Wildman–Crippen MR) is 97.1 cm³/mol. The maximum absolute atomic E-state index is 5.73. The summed E-state index contributed by atoms with van der Waals surface area (Å²) in [5, 5.41) is 0.423. The van der Waals surface area contributed by atoms with Gasteiger partial charge in [-0.2, -0.15) is 0 Å². The topological polar surface area (TPSA) is 12.5 Å². The van der Waals surface area contributed by atoms with Gasteiger partial charge in [0, 0.05) is 13.1 Å². The predicted octanol–water partition coefficient (Wildman–Crippen LogP) is 4.69. The van der Waals surface area contributed by atoms with Crippen LogP contribution in [0.1, 0.15) is 0 Å². The van der Waals surface area contributed by atoms with Crippen molar-refractivity contribution >= 4 is 17.4 Å². The summed E-state index contributed by atoms with van der Waals surface area (Å²) < 4.78 is 5.73. The molecule has 0 fully saturated rings. The number of ether oxygens (including phenoxy) is 1. The molecule has 0 atom stereocenters. The second-order valence-corrected chi connectivity index (χ2v) is 5.09. The minimum atomic E-state index is 0.423. The highest BCUT2D eigenvalue weighted by molar-refractivity contribution is 7.80. The van der Waals surface area contributed by atoms with Crippen LogP contribution in [0.5, 0.6) is 5.75 Å². The van der Waals surface area contributed by atoms with E-state index in [0.29, 0.717) is 18.3 Å². The maximum Gasteiger partial charge on any atom is 0.265 e. The molecule has 0 bridgehead atoms. The highest BCUT2D eigenvalue weighted by Gasteiger charge is 2.09. The molecule has 0 aliphatic carbocycles. The number of thiocarbonyl (C=S) groups is 1. The zero-order valence-electron chi connectivity index (χ0n) is 12.4. The van der Waals surface area contributed by atoms with Crippen molar-refractivity contribution in [1.29, 1.82) is 0 Å². The molecule has 0 N–H and O–H groups in total. The number of rotatable bonds is 6. The number of benzene rings is 2. The molecule has 0 aliphatic rings. The SMILES string of the molecule is C=CCN(CC=C)C(=S)Oc1ccc(-c2ccccc2)cc1. The molecule has 2 nitrogen and oxygen atoms in total. The Morgan fingerprint density at radius 1 is 0.909 bits per heavy atom. The summed E-state index contributed by atoms with van der Waals surface area (Å²) in [5.74, 6) is 0.725. The Kier molecular flexibility index (Phi) is 5.92. The zero-order chi connectivity index (χ0) is 15.8. The first kappa shape index (κ1) is 16.0.